The standard InChI is InChI=1S/C27H20FN5O3/c28-20-9-7-17(8-10-20)22(11-12-34)30-26(35)24-21(14-29)25-27(36)31-23(15-33(25)32-24)19-6-5-16-3-1-2-4-18(16)13-19/h1-10,13,15,22,34H,11-12H2,(H,30,35)(H,31,36)/t22-/m1/s1. The van der Waals surface area contributed by atoms with Gasteiger partial charge in [-0.2, -0.15) is 10.4 Å². The number of nitriles is 1. The molecule has 9 heteroatoms. The van der Waals surface area contributed by atoms with Crippen LogP contribution < -0.4 is 10.9 Å². The molecule has 5 aromatic rings. The van der Waals surface area contributed by atoms with Crippen molar-refractivity contribution in [2.24, 2.45) is 0 Å². The van der Waals surface area contributed by atoms with Crippen LogP contribution in [-0.4, -0.2) is 32.2 Å². The molecular formula is C27H20FN5O3. The van der Waals surface area contributed by atoms with Crippen LogP contribution in [0, 0.1) is 17.1 Å². The van der Waals surface area contributed by atoms with Crippen LogP contribution in [0.2, 0.25) is 0 Å². The van der Waals surface area contributed by atoms with E-state index >= 15 is 0 Å². The first-order chi connectivity index (χ1) is 17.5. The van der Waals surface area contributed by atoms with Crippen molar-refractivity contribution in [1.82, 2.24) is 19.9 Å². The van der Waals surface area contributed by atoms with Crippen LogP contribution in [0.4, 0.5) is 4.39 Å². The monoisotopic (exact) mass is 481 g/mol. The number of H-pyrrole nitrogens is 1. The smallest absolute Gasteiger partial charge is 0.275 e. The average molecular weight is 481 g/mol. The zero-order chi connectivity index (χ0) is 25.2. The molecule has 1 atom stereocenters. The molecule has 0 aliphatic carbocycles. The fourth-order valence-electron chi connectivity index (χ4n) is 4.22. The van der Waals surface area contributed by atoms with E-state index in [0.29, 0.717) is 11.3 Å². The largest absolute Gasteiger partial charge is 0.396 e. The molecule has 0 saturated heterocycles. The normalized spacial score (nSPS) is 11.9. The van der Waals surface area contributed by atoms with Gasteiger partial charge < -0.3 is 15.4 Å². The van der Waals surface area contributed by atoms with Crippen molar-refractivity contribution in [2.45, 2.75) is 12.5 Å². The number of aromatic amines is 1. The topological polar surface area (TPSA) is 123 Å². The summed E-state index contributed by atoms with van der Waals surface area (Å²) in [5.41, 5.74) is 0.803. The average Bonchev–Trinajstić information content (AvgIpc) is 3.28. The molecule has 0 fully saturated rings. The van der Waals surface area contributed by atoms with Crippen LogP contribution >= 0.6 is 0 Å². The Bertz CT molecular complexity index is 1700. The van der Waals surface area contributed by atoms with Gasteiger partial charge >= 0.3 is 0 Å². The van der Waals surface area contributed by atoms with E-state index in [0.717, 1.165) is 16.3 Å². The second-order valence-corrected chi connectivity index (χ2v) is 8.28. The molecule has 3 N–H and O–H groups in total. The minimum Gasteiger partial charge on any atom is -0.396 e. The highest BCUT2D eigenvalue weighted by Gasteiger charge is 2.24. The summed E-state index contributed by atoms with van der Waals surface area (Å²) in [6, 6.07) is 20.3. The number of hydrogen-bond acceptors (Lipinski definition) is 5. The van der Waals surface area contributed by atoms with Gasteiger partial charge in [0.2, 0.25) is 0 Å². The van der Waals surface area contributed by atoms with Gasteiger partial charge in [-0.25, -0.2) is 8.91 Å². The number of aliphatic hydroxyl groups excluding tert-OH is 1. The molecule has 0 saturated carbocycles. The van der Waals surface area contributed by atoms with E-state index < -0.39 is 23.3 Å². The van der Waals surface area contributed by atoms with E-state index in [1.807, 2.05) is 48.5 Å². The van der Waals surface area contributed by atoms with Gasteiger partial charge in [0.25, 0.3) is 11.5 Å². The Balaban J connectivity index is 1.54. The summed E-state index contributed by atoms with van der Waals surface area (Å²) in [5.74, 6) is -1.12. The van der Waals surface area contributed by atoms with Gasteiger partial charge in [-0.05, 0) is 41.0 Å². The van der Waals surface area contributed by atoms with Crippen LogP contribution in [0.1, 0.15) is 34.1 Å². The molecule has 0 bridgehead atoms. The van der Waals surface area contributed by atoms with Gasteiger partial charge in [0.1, 0.15) is 23.0 Å². The molecule has 0 aliphatic heterocycles. The molecule has 178 valence electrons. The molecule has 5 rings (SSSR count). The molecule has 0 spiro atoms. The molecule has 1 amide bonds. The quantitative estimate of drug-likeness (QED) is 0.341. The number of benzene rings is 3. The number of carbonyl (C=O) groups excluding carboxylic acids is 1. The fourth-order valence-corrected chi connectivity index (χ4v) is 4.22. The molecule has 8 nitrogen and oxygen atoms in total. The third-order valence-electron chi connectivity index (χ3n) is 6.01. The SMILES string of the molecule is N#Cc1c(C(=O)N[C@H](CCO)c2ccc(F)cc2)nn2cc(-c3ccc4ccccc4c3)[nH]c(=O)c12. The Morgan fingerprint density at radius 3 is 2.61 bits per heavy atom. The van der Waals surface area contributed by atoms with E-state index in [1.54, 1.807) is 6.20 Å². The van der Waals surface area contributed by atoms with E-state index in [4.69, 9.17) is 0 Å². The van der Waals surface area contributed by atoms with Crippen LogP contribution in [0.5, 0.6) is 0 Å². The number of halogens is 1. The van der Waals surface area contributed by atoms with Crippen LogP contribution in [-0.2, 0) is 0 Å². The maximum absolute atomic E-state index is 13.3. The highest BCUT2D eigenvalue weighted by molar-refractivity contribution is 5.97. The third-order valence-corrected chi connectivity index (χ3v) is 6.01. The van der Waals surface area contributed by atoms with Gasteiger partial charge in [0, 0.05) is 12.2 Å². The zero-order valence-corrected chi connectivity index (χ0v) is 18.9. The number of nitrogens with one attached hydrogen (secondary N) is 2. The Kier molecular flexibility index (Phi) is 6.02. The maximum Gasteiger partial charge on any atom is 0.275 e. The van der Waals surface area contributed by atoms with Crippen molar-refractivity contribution in [2.75, 3.05) is 6.61 Å². The van der Waals surface area contributed by atoms with Crippen molar-refractivity contribution in [3.05, 3.63) is 106 Å². The van der Waals surface area contributed by atoms with Crippen molar-refractivity contribution < 1.29 is 14.3 Å². The Hall–Kier alpha value is -4.81. The minimum atomic E-state index is -0.690. The van der Waals surface area contributed by atoms with E-state index in [9.17, 15) is 24.3 Å². The van der Waals surface area contributed by atoms with Gasteiger partial charge in [-0.1, -0.05) is 48.5 Å². The molecule has 36 heavy (non-hydrogen) atoms. The number of fused-ring (bicyclic) bond motifs is 2. The lowest BCUT2D eigenvalue weighted by atomic mass is 10.0. The number of aromatic nitrogens is 3. The third kappa shape index (κ3) is 4.21. The van der Waals surface area contributed by atoms with Gasteiger partial charge in [0.05, 0.1) is 17.9 Å². The summed E-state index contributed by atoms with van der Waals surface area (Å²) in [6.07, 6.45) is 1.73. The summed E-state index contributed by atoms with van der Waals surface area (Å²) in [6.45, 7) is -0.229. The number of carbonyl (C=O) groups is 1. The molecule has 0 aliphatic rings. The summed E-state index contributed by atoms with van der Waals surface area (Å²) >= 11 is 0. The summed E-state index contributed by atoms with van der Waals surface area (Å²) < 4.78 is 14.6. The second kappa shape index (κ2) is 9.44. The lowest BCUT2D eigenvalue weighted by Gasteiger charge is -2.17. The number of hydrogen-bond donors (Lipinski definition) is 3. The van der Waals surface area contributed by atoms with Crippen LogP contribution in [0.25, 0.3) is 27.5 Å². The Morgan fingerprint density at radius 2 is 1.89 bits per heavy atom. The second-order valence-electron chi connectivity index (χ2n) is 8.28. The maximum atomic E-state index is 13.3. The van der Waals surface area contributed by atoms with E-state index in [-0.39, 0.29) is 29.8 Å². The van der Waals surface area contributed by atoms with E-state index in [2.05, 4.69) is 15.4 Å². The predicted octanol–water partition coefficient (Wildman–Crippen LogP) is 3.71. The first kappa shape index (κ1) is 23.0. The summed E-state index contributed by atoms with van der Waals surface area (Å²) in [4.78, 5) is 28.9. The number of rotatable bonds is 6. The fraction of sp³-hybridized carbons (Fsp3) is 0.111. The van der Waals surface area contributed by atoms with Crippen molar-refractivity contribution in [3.8, 4) is 17.3 Å². The number of aliphatic hydroxyl groups is 1. The highest BCUT2D eigenvalue weighted by atomic mass is 19.1. The predicted molar refractivity (Wildman–Crippen MR) is 132 cm³/mol. The van der Waals surface area contributed by atoms with Crippen LogP contribution in [0.3, 0.4) is 0 Å². The Labute approximate surface area is 204 Å². The first-order valence-corrected chi connectivity index (χ1v) is 11.2. The molecular weight excluding hydrogens is 461 g/mol. The first-order valence-electron chi connectivity index (χ1n) is 11.2. The zero-order valence-electron chi connectivity index (χ0n) is 18.9. The molecule has 0 radical (unpaired) electrons. The van der Waals surface area contributed by atoms with E-state index in [1.165, 1.54) is 28.8 Å². The Morgan fingerprint density at radius 1 is 1.14 bits per heavy atom. The van der Waals surface area contributed by atoms with Crippen molar-refractivity contribution >= 4 is 22.2 Å². The number of amides is 1. The molecule has 2 heterocycles. The summed E-state index contributed by atoms with van der Waals surface area (Å²) in [5, 5.41) is 28.2. The summed E-state index contributed by atoms with van der Waals surface area (Å²) in [7, 11) is 0. The molecule has 0 unspecified atom stereocenters. The highest BCUT2D eigenvalue weighted by Crippen LogP contribution is 2.24. The minimum absolute atomic E-state index is 0.0484. The van der Waals surface area contributed by atoms with Crippen LogP contribution in [0.15, 0.2) is 77.7 Å². The van der Waals surface area contributed by atoms with Gasteiger partial charge in [0.15, 0.2) is 5.69 Å². The number of nitrogens with zero attached hydrogens (tertiary/aromatic N) is 3. The van der Waals surface area contributed by atoms with Gasteiger partial charge in [-0.15, -0.1) is 0 Å². The molecule has 2 aromatic heterocycles. The lowest BCUT2D eigenvalue weighted by Crippen LogP contribution is -2.30. The van der Waals surface area contributed by atoms with Crippen molar-refractivity contribution in [1.29, 1.82) is 5.26 Å². The lowest BCUT2D eigenvalue weighted by molar-refractivity contribution is 0.0924. The van der Waals surface area contributed by atoms with Crippen molar-refractivity contribution in [3.63, 3.8) is 0 Å². The molecule has 3 aromatic carbocycles. The van der Waals surface area contributed by atoms with Gasteiger partial charge in [-0.3, -0.25) is 9.59 Å².